The molecule has 1 heterocycles. The van der Waals surface area contributed by atoms with Gasteiger partial charge in [-0.05, 0) is 19.1 Å². The Morgan fingerprint density at radius 1 is 1.31 bits per heavy atom. The maximum absolute atomic E-state index is 13.6. The number of halogens is 2. The van der Waals surface area contributed by atoms with Gasteiger partial charge in [0.15, 0.2) is 0 Å². The SMILES string of the molecule is Cc1nn(C)c(N)c1-c1ccc(F)cc1F. The van der Waals surface area contributed by atoms with Gasteiger partial charge in [0, 0.05) is 24.2 Å². The lowest BCUT2D eigenvalue weighted by Gasteiger charge is -2.03. The molecule has 0 aliphatic rings. The Balaban J connectivity index is 2.67. The summed E-state index contributed by atoms with van der Waals surface area (Å²) >= 11 is 0. The fourth-order valence-electron chi connectivity index (χ4n) is 1.70. The fraction of sp³-hybridized carbons (Fsp3) is 0.182. The molecule has 1 aromatic carbocycles. The van der Waals surface area contributed by atoms with Gasteiger partial charge < -0.3 is 5.73 Å². The minimum Gasteiger partial charge on any atom is -0.383 e. The average molecular weight is 223 g/mol. The molecule has 0 unspecified atom stereocenters. The quantitative estimate of drug-likeness (QED) is 0.805. The first-order valence-electron chi connectivity index (χ1n) is 4.75. The monoisotopic (exact) mass is 223 g/mol. The lowest BCUT2D eigenvalue weighted by molar-refractivity contribution is 0.585. The van der Waals surface area contributed by atoms with Crippen LogP contribution in [-0.2, 0) is 7.05 Å². The normalized spacial score (nSPS) is 10.8. The minimum atomic E-state index is -0.636. The molecule has 2 aromatic rings. The highest BCUT2D eigenvalue weighted by molar-refractivity contribution is 5.76. The molecule has 3 nitrogen and oxygen atoms in total. The van der Waals surface area contributed by atoms with Crippen molar-refractivity contribution in [3.05, 3.63) is 35.5 Å². The first kappa shape index (κ1) is 10.6. The number of aryl methyl sites for hydroxylation is 2. The van der Waals surface area contributed by atoms with E-state index >= 15 is 0 Å². The van der Waals surface area contributed by atoms with Crippen molar-refractivity contribution in [2.75, 3.05) is 5.73 Å². The average Bonchev–Trinajstić information content (AvgIpc) is 2.43. The summed E-state index contributed by atoms with van der Waals surface area (Å²) in [5.41, 5.74) is 7.18. The summed E-state index contributed by atoms with van der Waals surface area (Å²) in [5.74, 6) is -0.882. The summed E-state index contributed by atoms with van der Waals surface area (Å²) in [6, 6.07) is 3.40. The van der Waals surface area contributed by atoms with Gasteiger partial charge in [-0.25, -0.2) is 8.78 Å². The van der Waals surface area contributed by atoms with Crippen molar-refractivity contribution >= 4 is 5.82 Å². The van der Waals surface area contributed by atoms with Crippen LogP contribution in [0.3, 0.4) is 0 Å². The molecule has 0 atom stereocenters. The van der Waals surface area contributed by atoms with Crippen LogP contribution >= 0.6 is 0 Å². The van der Waals surface area contributed by atoms with E-state index in [0.717, 1.165) is 6.07 Å². The van der Waals surface area contributed by atoms with Gasteiger partial charge in [0.05, 0.1) is 5.69 Å². The van der Waals surface area contributed by atoms with Gasteiger partial charge in [-0.3, -0.25) is 4.68 Å². The van der Waals surface area contributed by atoms with E-state index in [-0.39, 0.29) is 5.56 Å². The smallest absolute Gasteiger partial charge is 0.134 e. The lowest BCUT2D eigenvalue weighted by atomic mass is 10.1. The van der Waals surface area contributed by atoms with E-state index in [1.165, 1.54) is 16.8 Å². The van der Waals surface area contributed by atoms with Gasteiger partial charge in [0.1, 0.15) is 17.5 Å². The molecule has 0 spiro atoms. The standard InChI is InChI=1S/C11H11F2N3/c1-6-10(11(14)16(2)15-6)8-4-3-7(12)5-9(8)13/h3-5H,14H2,1-2H3. The molecule has 2 rings (SSSR count). The highest BCUT2D eigenvalue weighted by Gasteiger charge is 2.16. The zero-order chi connectivity index (χ0) is 11.9. The van der Waals surface area contributed by atoms with Gasteiger partial charge in [-0.2, -0.15) is 5.10 Å². The van der Waals surface area contributed by atoms with Crippen LogP contribution in [0.25, 0.3) is 11.1 Å². The zero-order valence-electron chi connectivity index (χ0n) is 8.96. The van der Waals surface area contributed by atoms with Crippen LogP contribution in [-0.4, -0.2) is 9.78 Å². The molecule has 2 N–H and O–H groups in total. The topological polar surface area (TPSA) is 43.8 Å². The van der Waals surface area contributed by atoms with Gasteiger partial charge in [0.2, 0.25) is 0 Å². The molecule has 0 saturated heterocycles. The van der Waals surface area contributed by atoms with Crippen LogP contribution in [0, 0.1) is 18.6 Å². The molecule has 0 radical (unpaired) electrons. The molecular weight excluding hydrogens is 212 g/mol. The molecule has 0 bridgehead atoms. The van der Waals surface area contributed by atoms with Gasteiger partial charge in [0.25, 0.3) is 0 Å². The van der Waals surface area contributed by atoms with Gasteiger partial charge >= 0.3 is 0 Å². The van der Waals surface area contributed by atoms with Crippen LogP contribution in [0.2, 0.25) is 0 Å². The van der Waals surface area contributed by atoms with Crippen LogP contribution in [0.1, 0.15) is 5.69 Å². The second-order valence-electron chi connectivity index (χ2n) is 3.59. The molecule has 0 fully saturated rings. The van der Waals surface area contributed by atoms with E-state index in [0.29, 0.717) is 17.1 Å². The van der Waals surface area contributed by atoms with Crippen molar-refractivity contribution in [2.45, 2.75) is 6.92 Å². The Bertz CT molecular complexity index is 546. The van der Waals surface area contributed by atoms with E-state index in [1.54, 1.807) is 14.0 Å². The fourth-order valence-corrected chi connectivity index (χ4v) is 1.70. The van der Waals surface area contributed by atoms with Gasteiger partial charge in [-0.1, -0.05) is 0 Å². The van der Waals surface area contributed by atoms with E-state index < -0.39 is 11.6 Å². The van der Waals surface area contributed by atoms with Crippen LogP contribution < -0.4 is 5.73 Å². The third-order valence-corrected chi connectivity index (χ3v) is 2.47. The van der Waals surface area contributed by atoms with Crippen molar-refractivity contribution in [1.29, 1.82) is 0 Å². The summed E-state index contributed by atoms with van der Waals surface area (Å²) in [4.78, 5) is 0. The number of nitrogens with two attached hydrogens (primary N) is 1. The molecule has 0 saturated carbocycles. The Morgan fingerprint density at radius 2 is 2.00 bits per heavy atom. The van der Waals surface area contributed by atoms with E-state index in [4.69, 9.17) is 5.73 Å². The van der Waals surface area contributed by atoms with Crippen LogP contribution in [0.4, 0.5) is 14.6 Å². The largest absolute Gasteiger partial charge is 0.383 e. The summed E-state index contributed by atoms with van der Waals surface area (Å²) in [6.45, 7) is 1.73. The first-order valence-corrected chi connectivity index (χ1v) is 4.75. The highest BCUT2D eigenvalue weighted by Crippen LogP contribution is 2.31. The maximum Gasteiger partial charge on any atom is 0.134 e. The van der Waals surface area contributed by atoms with Crippen LogP contribution in [0.15, 0.2) is 18.2 Å². The van der Waals surface area contributed by atoms with Crippen molar-refractivity contribution in [3.8, 4) is 11.1 Å². The molecule has 0 aliphatic heterocycles. The third kappa shape index (κ3) is 1.54. The van der Waals surface area contributed by atoms with E-state index in [2.05, 4.69) is 5.10 Å². The maximum atomic E-state index is 13.6. The molecule has 5 heteroatoms. The Morgan fingerprint density at radius 3 is 2.50 bits per heavy atom. The van der Waals surface area contributed by atoms with Crippen molar-refractivity contribution < 1.29 is 8.78 Å². The molecular formula is C11H11F2N3. The summed E-state index contributed by atoms with van der Waals surface area (Å²) < 4.78 is 27.8. The Hall–Kier alpha value is -1.91. The van der Waals surface area contributed by atoms with Crippen molar-refractivity contribution in [2.24, 2.45) is 7.05 Å². The number of hydrogen-bond donors (Lipinski definition) is 1. The van der Waals surface area contributed by atoms with Crippen molar-refractivity contribution in [1.82, 2.24) is 9.78 Å². The molecule has 1 aromatic heterocycles. The summed E-state index contributed by atoms with van der Waals surface area (Å²) in [6.07, 6.45) is 0. The lowest BCUT2D eigenvalue weighted by Crippen LogP contribution is -1.98. The van der Waals surface area contributed by atoms with Crippen LogP contribution in [0.5, 0.6) is 0 Å². The Kier molecular flexibility index (Phi) is 2.38. The predicted octanol–water partition coefficient (Wildman–Crippen LogP) is 2.26. The first-order chi connectivity index (χ1) is 7.50. The molecule has 16 heavy (non-hydrogen) atoms. The third-order valence-electron chi connectivity index (χ3n) is 2.47. The van der Waals surface area contributed by atoms with E-state index in [1.807, 2.05) is 0 Å². The molecule has 0 aliphatic carbocycles. The number of hydrogen-bond acceptors (Lipinski definition) is 2. The van der Waals surface area contributed by atoms with E-state index in [9.17, 15) is 8.78 Å². The molecule has 0 amide bonds. The number of anilines is 1. The summed E-state index contributed by atoms with van der Waals surface area (Å²) in [7, 11) is 1.67. The van der Waals surface area contributed by atoms with Crippen molar-refractivity contribution in [3.63, 3.8) is 0 Å². The Labute approximate surface area is 91.5 Å². The predicted molar refractivity (Wildman–Crippen MR) is 57.7 cm³/mol. The number of aromatic nitrogens is 2. The highest BCUT2D eigenvalue weighted by atomic mass is 19.1. The number of nitrogen functional groups attached to an aromatic ring is 1. The second kappa shape index (κ2) is 3.59. The number of benzene rings is 1. The zero-order valence-corrected chi connectivity index (χ0v) is 8.96. The second-order valence-corrected chi connectivity index (χ2v) is 3.59. The minimum absolute atomic E-state index is 0.268. The number of nitrogens with zero attached hydrogens (tertiary/aromatic N) is 2. The molecule has 84 valence electrons. The number of rotatable bonds is 1. The van der Waals surface area contributed by atoms with Gasteiger partial charge in [-0.15, -0.1) is 0 Å². The summed E-state index contributed by atoms with van der Waals surface area (Å²) in [5, 5.41) is 4.08.